The van der Waals surface area contributed by atoms with E-state index in [4.69, 9.17) is 5.73 Å². The first-order chi connectivity index (χ1) is 8.52. The second-order valence-electron chi connectivity index (χ2n) is 5.21. The molecule has 102 valence electrons. The molecule has 0 saturated carbocycles. The number of aromatic nitrogens is 2. The number of nitrogens with zero attached hydrogens (tertiary/aromatic N) is 3. The Bertz CT molecular complexity index is 405. The van der Waals surface area contributed by atoms with Crippen molar-refractivity contribution in [2.24, 2.45) is 0 Å². The van der Waals surface area contributed by atoms with E-state index in [0.717, 1.165) is 43.3 Å². The summed E-state index contributed by atoms with van der Waals surface area (Å²) in [4.78, 5) is 2.41. The van der Waals surface area contributed by atoms with Gasteiger partial charge in [-0.1, -0.05) is 20.8 Å². The molecule has 0 amide bonds. The first-order valence-electron chi connectivity index (χ1n) is 6.76. The van der Waals surface area contributed by atoms with E-state index >= 15 is 0 Å². The lowest BCUT2D eigenvalue weighted by Gasteiger charge is -2.36. The van der Waals surface area contributed by atoms with Crippen LogP contribution in [-0.2, 0) is 6.54 Å². The normalized spacial score (nSPS) is 24.6. The second-order valence-corrected chi connectivity index (χ2v) is 7.09. The van der Waals surface area contributed by atoms with Gasteiger partial charge < -0.3 is 10.6 Å². The van der Waals surface area contributed by atoms with E-state index in [2.05, 4.69) is 47.2 Å². The van der Waals surface area contributed by atoms with Gasteiger partial charge >= 0.3 is 0 Å². The van der Waals surface area contributed by atoms with Gasteiger partial charge in [0.25, 0.3) is 0 Å². The zero-order valence-electron chi connectivity index (χ0n) is 11.8. The molecule has 2 heterocycles. The van der Waals surface area contributed by atoms with Crippen LogP contribution in [0.3, 0.4) is 0 Å². The van der Waals surface area contributed by atoms with Gasteiger partial charge in [-0.2, -0.15) is 16.9 Å². The van der Waals surface area contributed by atoms with E-state index in [1.165, 1.54) is 0 Å². The molecule has 1 aliphatic rings. The summed E-state index contributed by atoms with van der Waals surface area (Å²) >= 11 is 2.06. The fourth-order valence-electron chi connectivity index (χ4n) is 2.64. The SMILES string of the molecule is CCCn1nc(C)c(N)c1N1CC(C)SC(C)C1. The van der Waals surface area contributed by atoms with Crippen LogP contribution < -0.4 is 10.6 Å². The van der Waals surface area contributed by atoms with Crippen molar-refractivity contribution in [2.75, 3.05) is 23.7 Å². The first kappa shape index (κ1) is 13.6. The van der Waals surface area contributed by atoms with E-state index in [1.54, 1.807) is 0 Å². The van der Waals surface area contributed by atoms with Gasteiger partial charge in [-0.05, 0) is 13.3 Å². The predicted molar refractivity (Wildman–Crippen MR) is 80.4 cm³/mol. The van der Waals surface area contributed by atoms with Crippen molar-refractivity contribution in [1.29, 1.82) is 0 Å². The molecular formula is C13H24N4S. The number of anilines is 2. The van der Waals surface area contributed by atoms with Gasteiger partial charge in [-0.15, -0.1) is 0 Å². The maximum Gasteiger partial charge on any atom is 0.150 e. The number of nitrogen functional groups attached to an aromatic ring is 1. The van der Waals surface area contributed by atoms with Crippen LogP contribution in [0.2, 0.25) is 0 Å². The summed E-state index contributed by atoms with van der Waals surface area (Å²) in [5.74, 6) is 1.13. The van der Waals surface area contributed by atoms with Crippen molar-refractivity contribution in [1.82, 2.24) is 9.78 Å². The molecule has 0 bridgehead atoms. The highest BCUT2D eigenvalue weighted by atomic mass is 32.2. The Hall–Kier alpha value is -0.840. The Balaban J connectivity index is 2.30. The molecule has 5 heteroatoms. The van der Waals surface area contributed by atoms with Crippen molar-refractivity contribution in [3.05, 3.63) is 5.69 Å². The Morgan fingerprint density at radius 3 is 2.50 bits per heavy atom. The van der Waals surface area contributed by atoms with Crippen molar-refractivity contribution in [3.8, 4) is 0 Å². The summed E-state index contributed by atoms with van der Waals surface area (Å²) in [7, 11) is 0. The largest absolute Gasteiger partial charge is 0.394 e. The third kappa shape index (κ3) is 2.60. The molecule has 1 aromatic rings. The second kappa shape index (κ2) is 5.43. The van der Waals surface area contributed by atoms with Crippen LogP contribution in [0.25, 0.3) is 0 Å². The van der Waals surface area contributed by atoms with E-state index in [9.17, 15) is 0 Å². The van der Waals surface area contributed by atoms with E-state index in [-0.39, 0.29) is 0 Å². The summed E-state index contributed by atoms with van der Waals surface area (Å²) in [5.41, 5.74) is 8.04. The lowest BCUT2D eigenvalue weighted by atomic mass is 10.3. The average Bonchev–Trinajstić information content (AvgIpc) is 2.54. The van der Waals surface area contributed by atoms with Crippen LogP contribution in [0, 0.1) is 6.92 Å². The van der Waals surface area contributed by atoms with Gasteiger partial charge in [-0.25, -0.2) is 4.68 Å². The van der Waals surface area contributed by atoms with Crippen LogP contribution in [-0.4, -0.2) is 33.4 Å². The summed E-state index contributed by atoms with van der Waals surface area (Å²) in [6.07, 6.45) is 1.08. The van der Waals surface area contributed by atoms with Gasteiger partial charge in [0.2, 0.25) is 0 Å². The fraction of sp³-hybridized carbons (Fsp3) is 0.769. The molecule has 1 saturated heterocycles. The van der Waals surface area contributed by atoms with Gasteiger partial charge in [0.15, 0.2) is 5.82 Å². The third-order valence-electron chi connectivity index (χ3n) is 3.30. The Kier molecular flexibility index (Phi) is 4.10. The van der Waals surface area contributed by atoms with Gasteiger partial charge in [-0.3, -0.25) is 0 Å². The molecule has 4 nitrogen and oxygen atoms in total. The van der Waals surface area contributed by atoms with Crippen molar-refractivity contribution in [2.45, 2.75) is 51.2 Å². The molecule has 1 aliphatic heterocycles. The van der Waals surface area contributed by atoms with Crippen LogP contribution in [0.1, 0.15) is 32.9 Å². The molecule has 18 heavy (non-hydrogen) atoms. The van der Waals surface area contributed by atoms with E-state index in [1.807, 2.05) is 6.92 Å². The highest BCUT2D eigenvalue weighted by molar-refractivity contribution is 8.00. The molecule has 0 aromatic carbocycles. The number of thioether (sulfide) groups is 1. The number of hydrogen-bond donors (Lipinski definition) is 1. The lowest BCUT2D eigenvalue weighted by molar-refractivity contribution is 0.579. The summed E-state index contributed by atoms with van der Waals surface area (Å²) in [6, 6.07) is 0. The third-order valence-corrected chi connectivity index (χ3v) is 4.53. The molecule has 2 N–H and O–H groups in total. The number of rotatable bonds is 3. The highest BCUT2D eigenvalue weighted by Crippen LogP contribution is 2.33. The minimum atomic E-state index is 0.651. The van der Waals surface area contributed by atoms with E-state index in [0.29, 0.717) is 10.5 Å². The monoisotopic (exact) mass is 268 g/mol. The molecule has 0 aliphatic carbocycles. The van der Waals surface area contributed by atoms with Gasteiger partial charge in [0.05, 0.1) is 11.4 Å². The molecule has 1 aromatic heterocycles. The number of hydrogen-bond acceptors (Lipinski definition) is 4. The molecule has 0 radical (unpaired) electrons. The molecular weight excluding hydrogens is 244 g/mol. The quantitative estimate of drug-likeness (QED) is 0.915. The summed E-state index contributed by atoms with van der Waals surface area (Å²) < 4.78 is 2.08. The topological polar surface area (TPSA) is 47.1 Å². The minimum absolute atomic E-state index is 0.651. The fourth-order valence-corrected chi connectivity index (χ4v) is 3.96. The van der Waals surface area contributed by atoms with Gasteiger partial charge in [0, 0.05) is 30.1 Å². The molecule has 0 spiro atoms. The molecule has 1 fully saturated rings. The average molecular weight is 268 g/mol. The summed E-state index contributed by atoms with van der Waals surface area (Å²) in [6.45, 7) is 11.8. The Morgan fingerprint density at radius 2 is 1.94 bits per heavy atom. The Labute approximate surface area is 114 Å². The molecule has 2 atom stereocenters. The predicted octanol–water partition coefficient (Wildman–Crippen LogP) is 2.51. The maximum atomic E-state index is 6.22. The number of nitrogens with two attached hydrogens (primary N) is 1. The smallest absolute Gasteiger partial charge is 0.150 e. The van der Waals surface area contributed by atoms with Crippen LogP contribution >= 0.6 is 11.8 Å². The molecule has 2 rings (SSSR count). The first-order valence-corrected chi connectivity index (χ1v) is 7.70. The standard InChI is InChI=1S/C13H24N4S/c1-5-6-17-13(12(14)11(4)15-17)16-7-9(2)18-10(3)8-16/h9-10H,5-8,14H2,1-4H3. The van der Waals surface area contributed by atoms with Crippen molar-refractivity contribution in [3.63, 3.8) is 0 Å². The zero-order valence-corrected chi connectivity index (χ0v) is 12.6. The maximum absolute atomic E-state index is 6.22. The number of aryl methyl sites for hydroxylation is 2. The Morgan fingerprint density at radius 1 is 1.33 bits per heavy atom. The zero-order chi connectivity index (χ0) is 13.3. The van der Waals surface area contributed by atoms with E-state index < -0.39 is 0 Å². The van der Waals surface area contributed by atoms with Crippen molar-refractivity contribution < 1.29 is 0 Å². The van der Waals surface area contributed by atoms with Crippen LogP contribution in [0.15, 0.2) is 0 Å². The van der Waals surface area contributed by atoms with Crippen LogP contribution in [0.5, 0.6) is 0 Å². The van der Waals surface area contributed by atoms with Crippen molar-refractivity contribution >= 4 is 23.3 Å². The van der Waals surface area contributed by atoms with Gasteiger partial charge in [0.1, 0.15) is 0 Å². The summed E-state index contributed by atoms with van der Waals surface area (Å²) in [5, 5.41) is 5.87. The molecule has 2 unspecified atom stereocenters. The highest BCUT2D eigenvalue weighted by Gasteiger charge is 2.27. The lowest BCUT2D eigenvalue weighted by Crippen LogP contribution is -2.41. The minimum Gasteiger partial charge on any atom is -0.394 e. The van der Waals surface area contributed by atoms with Crippen LogP contribution in [0.4, 0.5) is 11.5 Å².